The van der Waals surface area contributed by atoms with Gasteiger partial charge in [0.25, 0.3) is 5.91 Å². The molecule has 0 aliphatic heterocycles. The molecule has 1 aliphatic carbocycles. The van der Waals surface area contributed by atoms with Gasteiger partial charge in [-0.1, -0.05) is 19.1 Å². The van der Waals surface area contributed by atoms with Crippen LogP contribution in [-0.4, -0.2) is 50.9 Å². The van der Waals surface area contributed by atoms with Crippen molar-refractivity contribution in [2.75, 3.05) is 11.9 Å². The molecule has 1 fully saturated rings. The second-order valence-electron chi connectivity index (χ2n) is 6.85. The minimum atomic E-state index is -0.272. The van der Waals surface area contributed by atoms with Crippen LogP contribution in [0.5, 0.6) is 0 Å². The lowest BCUT2D eigenvalue weighted by Crippen LogP contribution is -2.37. The Morgan fingerprint density at radius 3 is 2.77 bits per heavy atom. The van der Waals surface area contributed by atoms with Crippen LogP contribution >= 0.6 is 0 Å². The number of aliphatic hydroxyl groups excluding tert-OH is 2. The van der Waals surface area contributed by atoms with Crippen molar-refractivity contribution < 1.29 is 15.0 Å². The van der Waals surface area contributed by atoms with Crippen molar-refractivity contribution >= 4 is 22.8 Å². The Kier molecular flexibility index (Phi) is 6.00. The highest BCUT2D eigenvalue weighted by molar-refractivity contribution is 6.05. The van der Waals surface area contributed by atoms with Crippen molar-refractivity contribution in [2.45, 2.75) is 57.2 Å². The van der Waals surface area contributed by atoms with E-state index in [4.69, 9.17) is 0 Å². The summed E-state index contributed by atoms with van der Waals surface area (Å²) in [6.07, 6.45) is 5.46. The molecule has 7 nitrogen and oxygen atoms in total. The van der Waals surface area contributed by atoms with Gasteiger partial charge in [0, 0.05) is 17.6 Å². The van der Waals surface area contributed by atoms with Gasteiger partial charge in [-0.15, -0.1) is 0 Å². The molecule has 1 saturated carbocycles. The summed E-state index contributed by atoms with van der Waals surface area (Å²) in [5, 5.41) is 25.9. The number of fused-ring (bicyclic) bond motifs is 1. The Bertz CT molecular complexity index is 756. The molecule has 1 aliphatic rings. The van der Waals surface area contributed by atoms with Gasteiger partial charge in [-0.25, -0.2) is 9.97 Å². The number of nitrogens with one attached hydrogen (secondary N) is 2. The molecule has 0 spiro atoms. The van der Waals surface area contributed by atoms with Crippen molar-refractivity contribution in [3.63, 3.8) is 0 Å². The number of hydrogen-bond acceptors (Lipinski definition) is 6. The summed E-state index contributed by atoms with van der Waals surface area (Å²) in [6, 6.07) is 5.36. The van der Waals surface area contributed by atoms with E-state index in [-0.39, 0.29) is 30.7 Å². The fourth-order valence-electron chi connectivity index (χ4n) is 3.25. The van der Waals surface area contributed by atoms with Gasteiger partial charge < -0.3 is 20.8 Å². The summed E-state index contributed by atoms with van der Waals surface area (Å²) in [6.45, 7) is 1.82. The molecule has 0 saturated heterocycles. The number of carbonyl (C=O) groups is 1. The first-order chi connectivity index (χ1) is 12.6. The standard InChI is InChI=1S/C19H26N4O3/c1-2-13(11-24)21-18(26)16-5-3-4-12-10-20-19(23-17(12)16)22-14-6-8-15(25)9-7-14/h3-5,10,13-15,24-25H,2,6-9,11H2,1H3,(H,21,26)(H,20,22,23)/t13-,14-,15-/m1/s1. The molecular weight excluding hydrogens is 332 g/mol. The van der Waals surface area contributed by atoms with Crippen LogP contribution in [0.2, 0.25) is 0 Å². The van der Waals surface area contributed by atoms with Crippen LogP contribution in [0.3, 0.4) is 0 Å². The molecule has 1 aromatic heterocycles. The Hall–Kier alpha value is -2.25. The summed E-state index contributed by atoms with van der Waals surface area (Å²) in [4.78, 5) is 21.5. The highest BCUT2D eigenvalue weighted by Gasteiger charge is 2.20. The van der Waals surface area contributed by atoms with E-state index in [1.54, 1.807) is 18.3 Å². The molecule has 26 heavy (non-hydrogen) atoms. The van der Waals surface area contributed by atoms with E-state index in [1.807, 2.05) is 13.0 Å². The van der Waals surface area contributed by atoms with Crippen LogP contribution in [0.25, 0.3) is 10.9 Å². The number of carbonyl (C=O) groups excluding carboxylic acids is 1. The molecule has 1 atom stereocenters. The minimum Gasteiger partial charge on any atom is -0.394 e. The second kappa shape index (κ2) is 8.42. The summed E-state index contributed by atoms with van der Waals surface area (Å²) in [7, 11) is 0. The average Bonchev–Trinajstić information content (AvgIpc) is 2.67. The first-order valence-corrected chi connectivity index (χ1v) is 9.22. The van der Waals surface area contributed by atoms with E-state index >= 15 is 0 Å². The topological polar surface area (TPSA) is 107 Å². The fourth-order valence-corrected chi connectivity index (χ4v) is 3.25. The summed E-state index contributed by atoms with van der Waals surface area (Å²) in [5.74, 6) is 0.246. The molecule has 3 rings (SSSR count). The average molecular weight is 358 g/mol. The van der Waals surface area contributed by atoms with Crippen molar-refractivity contribution in [1.29, 1.82) is 0 Å². The molecule has 7 heteroatoms. The Balaban J connectivity index is 1.82. The molecule has 0 radical (unpaired) electrons. The minimum absolute atomic E-state index is 0.0949. The maximum atomic E-state index is 12.6. The van der Waals surface area contributed by atoms with Gasteiger partial charge in [0.05, 0.1) is 29.8 Å². The molecule has 0 bridgehead atoms. The monoisotopic (exact) mass is 358 g/mol. The van der Waals surface area contributed by atoms with Gasteiger partial charge in [-0.05, 0) is 38.2 Å². The van der Waals surface area contributed by atoms with E-state index in [1.165, 1.54) is 0 Å². The van der Waals surface area contributed by atoms with Gasteiger partial charge in [-0.2, -0.15) is 0 Å². The highest BCUT2D eigenvalue weighted by Crippen LogP contribution is 2.23. The number of anilines is 1. The third-order valence-electron chi connectivity index (χ3n) is 4.93. The Labute approximate surface area is 152 Å². The normalized spacial score (nSPS) is 21.3. The van der Waals surface area contributed by atoms with Crippen LogP contribution in [0.1, 0.15) is 49.4 Å². The van der Waals surface area contributed by atoms with Gasteiger partial charge in [-0.3, -0.25) is 4.79 Å². The lowest BCUT2D eigenvalue weighted by atomic mass is 9.93. The highest BCUT2D eigenvalue weighted by atomic mass is 16.3. The fraction of sp³-hybridized carbons (Fsp3) is 0.526. The molecule has 0 unspecified atom stereocenters. The predicted octanol–water partition coefficient (Wildman–Crippen LogP) is 1.85. The van der Waals surface area contributed by atoms with Crippen molar-refractivity contribution in [3.8, 4) is 0 Å². The summed E-state index contributed by atoms with van der Waals surface area (Å²) in [5.41, 5.74) is 1.06. The lowest BCUT2D eigenvalue weighted by molar-refractivity contribution is 0.0916. The lowest BCUT2D eigenvalue weighted by Gasteiger charge is -2.26. The van der Waals surface area contributed by atoms with Gasteiger partial charge in [0.2, 0.25) is 5.95 Å². The number of aromatic nitrogens is 2. The van der Waals surface area contributed by atoms with E-state index in [9.17, 15) is 15.0 Å². The summed E-state index contributed by atoms with van der Waals surface area (Å²) < 4.78 is 0. The first kappa shape index (κ1) is 18.5. The van der Waals surface area contributed by atoms with Crippen LogP contribution < -0.4 is 10.6 Å². The zero-order chi connectivity index (χ0) is 18.5. The number of hydrogen-bond donors (Lipinski definition) is 4. The van der Waals surface area contributed by atoms with Gasteiger partial charge in [0.15, 0.2) is 0 Å². The molecule has 1 aromatic carbocycles. The van der Waals surface area contributed by atoms with E-state index in [0.717, 1.165) is 31.1 Å². The van der Waals surface area contributed by atoms with E-state index < -0.39 is 0 Å². The number of nitrogens with zero attached hydrogens (tertiary/aromatic N) is 2. The third kappa shape index (κ3) is 4.28. The molecule has 140 valence electrons. The van der Waals surface area contributed by atoms with Crippen LogP contribution in [0, 0.1) is 0 Å². The molecule has 4 N–H and O–H groups in total. The van der Waals surface area contributed by atoms with Crippen LogP contribution in [0.4, 0.5) is 5.95 Å². The van der Waals surface area contributed by atoms with Crippen molar-refractivity contribution in [1.82, 2.24) is 15.3 Å². The largest absolute Gasteiger partial charge is 0.394 e. The smallest absolute Gasteiger partial charge is 0.253 e. The number of amides is 1. The Morgan fingerprint density at radius 2 is 2.08 bits per heavy atom. The zero-order valence-electron chi connectivity index (χ0n) is 15.0. The molecule has 1 heterocycles. The maximum absolute atomic E-state index is 12.6. The molecule has 1 amide bonds. The molecular formula is C19H26N4O3. The summed E-state index contributed by atoms with van der Waals surface area (Å²) >= 11 is 0. The Morgan fingerprint density at radius 1 is 1.31 bits per heavy atom. The number of benzene rings is 1. The second-order valence-corrected chi connectivity index (χ2v) is 6.85. The maximum Gasteiger partial charge on any atom is 0.253 e. The van der Waals surface area contributed by atoms with Crippen molar-refractivity contribution in [2.24, 2.45) is 0 Å². The molecule has 2 aromatic rings. The van der Waals surface area contributed by atoms with E-state index in [0.29, 0.717) is 23.4 Å². The number of aliphatic hydroxyl groups is 2. The van der Waals surface area contributed by atoms with Crippen LogP contribution in [0.15, 0.2) is 24.4 Å². The van der Waals surface area contributed by atoms with E-state index in [2.05, 4.69) is 20.6 Å². The van der Waals surface area contributed by atoms with Gasteiger partial charge in [0.1, 0.15) is 0 Å². The van der Waals surface area contributed by atoms with Gasteiger partial charge >= 0.3 is 0 Å². The van der Waals surface area contributed by atoms with Crippen molar-refractivity contribution in [3.05, 3.63) is 30.0 Å². The van der Waals surface area contributed by atoms with Crippen LogP contribution in [-0.2, 0) is 0 Å². The number of rotatable bonds is 6. The number of para-hydroxylation sites is 1. The zero-order valence-corrected chi connectivity index (χ0v) is 15.0. The first-order valence-electron chi connectivity index (χ1n) is 9.22. The third-order valence-corrected chi connectivity index (χ3v) is 4.93. The predicted molar refractivity (Wildman–Crippen MR) is 100 cm³/mol. The SMILES string of the molecule is CC[C@H](CO)NC(=O)c1cccc2cnc(N[C@H]3CC[C@H](O)CC3)nc12. The quantitative estimate of drug-likeness (QED) is 0.628.